The van der Waals surface area contributed by atoms with E-state index < -0.39 is 22.0 Å². The van der Waals surface area contributed by atoms with Crippen molar-refractivity contribution in [2.75, 3.05) is 0 Å². The van der Waals surface area contributed by atoms with E-state index in [4.69, 9.17) is 4.42 Å². The summed E-state index contributed by atoms with van der Waals surface area (Å²) in [5.74, 6) is -0.860. The van der Waals surface area contributed by atoms with Crippen molar-refractivity contribution < 1.29 is 22.7 Å². The molecule has 0 radical (unpaired) electrons. The van der Waals surface area contributed by atoms with Gasteiger partial charge in [-0.05, 0) is 43.3 Å². The van der Waals surface area contributed by atoms with Gasteiger partial charge in [0.15, 0.2) is 0 Å². The number of furan rings is 1. The number of halogens is 1. The van der Waals surface area contributed by atoms with Crippen LogP contribution in [-0.4, -0.2) is 29.8 Å². The second kappa shape index (κ2) is 6.64. The molecule has 1 heterocycles. The van der Waals surface area contributed by atoms with Gasteiger partial charge in [0.1, 0.15) is 11.8 Å². The van der Waals surface area contributed by atoms with Gasteiger partial charge >= 0.3 is 5.97 Å². The van der Waals surface area contributed by atoms with Crippen LogP contribution in [0.2, 0.25) is 0 Å². The van der Waals surface area contributed by atoms with E-state index in [1.807, 2.05) is 0 Å². The van der Waals surface area contributed by atoms with Crippen molar-refractivity contribution in [1.82, 2.24) is 4.31 Å². The van der Waals surface area contributed by atoms with Crippen molar-refractivity contribution in [2.45, 2.75) is 24.4 Å². The molecule has 0 aliphatic heterocycles. The van der Waals surface area contributed by atoms with Crippen molar-refractivity contribution in [3.05, 3.63) is 52.9 Å². The molecule has 1 unspecified atom stereocenters. The number of carbonyl (C=O) groups is 1. The van der Waals surface area contributed by atoms with Gasteiger partial charge < -0.3 is 9.52 Å². The number of carboxylic acids is 1. The quantitative estimate of drug-likeness (QED) is 0.822. The largest absolute Gasteiger partial charge is 0.480 e. The highest BCUT2D eigenvalue weighted by atomic mass is 79.9. The van der Waals surface area contributed by atoms with Crippen LogP contribution < -0.4 is 0 Å². The summed E-state index contributed by atoms with van der Waals surface area (Å²) >= 11 is 3.23. The van der Waals surface area contributed by atoms with Gasteiger partial charge in [0.2, 0.25) is 10.0 Å². The summed E-state index contributed by atoms with van der Waals surface area (Å²) in [5, 5.41) is 9.19. The van der Waals surface area contributed by atoms with Crippen molar-refractivity contribution in [2.24, 2.45) is 0 Å². The Hall–Kier alpha value is -1.64. The Morgan fingerprint density at radius 1 is 1.32 bits per heavy atom. The van der Waals surface area contributed by atoms with Gasteiger partial charge in [-0.2, -0.15) is 4.31 Å². The van der Waals surface area contributed by atoms with E-state index in [2.05, 4.69) is 15.9 Å². The summed E-state index contributed by atoms with van der Waals surface area (Å²) in [6, 6.07) is 8.00. The van der Waals surface area contributed by atoms with E-state index in [0.29, 0.717) is 5.76 Å². The summed E-state index contributed by atoms with van der Waals surface area (Å²) in [6.45, 7) is 1.17. The average molecular weight is 388 g/mol. The predicted octanol–water partition coefficient (Wildman–Crippen LogP) is 2.71. The molecule has 0 bridgehead atoms. The highest BCUT2D eigenvalue weighted by Gasteiger charge is 2.33. The lowest BCUT2D eigenvalue weighted by Crippen LogP contribution is -2.42. The van der Waals surface area contributed by atoms with Crippen molar-refractivity contribution in [3.63, 3.8) is 0 Å². The molecule has 0 amide bonds. The first-order valence-electron chi connectivity index (χ1n) is 6.35. The SMILES string of the molecule is CC(C(=O)O)N(Cc1ccco1)S(=O)(=O)c1ccc(Br)cc1. The van der Waals surface area contributed by atoms with Gasteiger partial charge in [-0.15, -0.1) is 0 Å². The number of hydrogen-bond acceptors (Lipinski definition) is 4. The van der Waals surface area contributed by atoms with Gasteiger partial charge in [-0.1, -0.05) is 15.9 Å². The Bertz CT molecular complexity index is 740. The van der Waals surface area contributed by atoms with Crippen molar-refractivity contribution >= 4 is 31.9 Å². The highest BCUT2D eigenvalue weighted by Crippen LogP contribution is 2.23. The fraction of sp³-hybridized carbons (Fsp3) is 0.214. The number of sulfonamides is 1. The van der Waals surface area contributed by atoms with Crippen LogP contribution >= 0.6 is 15.9 Å². The molecule has 8 heteroatoms. The Balaban J connectivity index is 2.42. The average Bonchev–Trinajstić information content (AvgIpc) is 2.97. The zero-order chi connectivity index (χ0) is 16.3. The van der Waals surface area contributed by atoms with Crippen molar-refractivity contribution in [3.8, 4) is 0 Å². The Kier molecular flexibility index (Phi) is 5.05. The summed E-state index contributed by atoms with van der Waals surface area (Å²) in [6.07, 6.45) is 1.41. The number of benzene rings is 1. The standard InChI is InChI=1S/C14H14BrNO5S/c1-10(14(17)18)16(9-12-3-2-8-21-12)22(19,20)13-6-4-11(15)5-7-13/h2-8,10H,9H2,1H3,(H,17,18). The van der Waals surface area contributed by atoms with E-state index in [1.165, 1.54) is 25.3 Å². The molecule has 2 rings (SSSR count). The van der Waals surface area contributed by atoms with Crippen LogP contribution in [0.1, 0.15) is 12.7 Å². The smallest absolute Gasteiger partial charge is 0.321 e. The Morgan fingerprint density at radius 3 is 2.45 bits per heavy atom. The number of carboxylic acid groups (broad SMARTS) is 1. The van der Waals surface area contributed by atoms with E-state index >= 15 is 0 Å². The summed E-state index contributed by atoms with van der Waals surface area (Å²) < 4.78 is 32.2. The molecule has 0 aliphatic rings. The second-order valence-corrected chi connectivity index (χ2v) is 7.40. The molecule has 0 saturated heterocycles. The van der Waals surface area contributed by atoms with Gasteiger partial charge in [0.25, 0.3) is 0 Å². The maximum absolute atomic E-state index is 12.7. The maximum Gasteiger partial charge on any atom is 0.321 e. The second-order valence-electron chi connectivity index (χ2n) is 4.60. The lowest BCUT2D eigenvalue weighted by atomic mass is 10.3. The number of aliphatic carboxylic acids is 1. The summed E-state index contributed by atoms with van der Waals surface area (Å²) in [4.78, 5) is 11.3. The van der Waals surface area contributed by atoms with Crippen LogP contribution in [0.3, 0.4) is 0 Å². The third-order valence-electron chi connectivity index (χ3n) is 3.10. The molecule has 6 nitrogen and oxygen atoms in total. The van der Waals surface area contributed by atoms with E-state index in [1.54, 1.807) is 24.3 Å². The molecule has 0 saturated carbocycles. The van der Waals surface area contributed by atoms with E-state index in [9.17, 15) is 18.3 Å². The molecule has 0 spiro atoms. The highest BCUT2D eigenvalue weighted by molar-refractivity contribution is 9.10. The van der Waals surface area contributed by atoms with Crippen LogP contribution in [0.25, 0.3) is 0 Å². The lowest BCUT2D eigenvalue weighted by Gasteiger charge is -2.24. The molecule has 22 heavy (non-hydrogen) atoms. The van der Waals surface area contributed by atoms with Crippen LogP contribution in [0.15, 0.2) is 56.4 Å². The molecular weight excluding hydrogens is 374 g/mol. The topological polar surface area (TPSA) is 87.8 Å². The Labute approximate surface area is 136 Å². The molecule has 1 aromatic heterocycles. The monoisotopic (exact) mass is 387 g/mol. The van der Waals surface area contributed by atoms with E-state index in [-0.39, 0.29) is 11.4 Å². The molecule has 1 atom stereocenters. The zero-order valence-electron chi connectivity index (χ0n) is 11.6. The zero-order valence-corrected chi connectivity index (χ0v) is 14.0. The van der Waals surface area contributed by atoms with E-state index in [0.717, 1.165) is 8.78 Å². The third kappa shape index (κ3) is 3.57. The third-order valence-corrected chi connectivity index (χ3v) is 5.56. The lowest BCUT2D eigenvalue weighted by molar-refractivity contribution is -0.141. The van der Waals surface area contributed by atoms with Crippen LogP contribution in [0.4, 0.5) is 0 Å². The molecule has 118 valence electrons. The number of hydrogen-bond donors (Lipinski definition) is 1. The molecule has 2 aromatic rings. The maximum atomic E-state index is 12.7. The molecule has 0 aliphatic carbocycles. The first kappa shape index (κ1) is 16.7. The fourth-order valence-corrected chi connectivity index (χ4v) is 3.67. The molecule has 0 fully saturated rings. The molecule has 1 aromatic carbocycles. The minimum Gasteiger partial charge on any atom is -0.480 e. The summed E-state index contributed by atoms with van der Waals surface area (Å²) in [5.41, 5.74) is 0. The Morgan fingerprint density at radius 2 is 1.95 bits per heavy atom. The van der Waals surface area contributed by atoms with Gasteiger partial charge in [0.05, 0.1) is 17.7 Å². The van der Waals surface area contributed by atoms with Gasteiger partial charge in [-0.25, -0.2) is 8.42 Å². The first-order valence-corrected chi connectivity index (χ1v) is 8.58. The number of rotatable bonds is 6. The van der Waals surface area contributed by atoms with Crippen LogP contribution in [0, 0.1) is 0 Å². The number of nitrogens with zero attached hydrogens (tertiary/aromatic N) is 1. The minimum atomic E-state index is -3.97. The first-order chi connectivity index (χ1) is 10.3. The van der Waals surface area contributed by atoms with Crippen LogP contribution in [-0.2, 0) is 21.4 Å². The van der Waals surface area contributed by atoms with Gasteiger partial charge in [-0.3, -0.25) is 4.79 Å². The minimum absolute atomic E-state index is 0.0235. The predicted molar refractivity (Wildman–Crippen MR) is 82.7 cm³/mol. The fourth-order valence-electron chi connectivity index (χ4n) is 1.85. The van der Waals surface area contributed by atoms with Gasteiger partial charge in [0, 0.05) is 4.47 Å². The molecular formula is C14H14BrNO5S. The van der Waals surface area contributed by atoms with Crippen LogP contribution in [0.5, 0.6) is 0 Å². The van der Waals surface area contributed by atoms with Crippen molar-refractivity contribution in [1.29, 1.82) is 0 Å². The summed E-state index contributed by atoms with van der Waals surface area (Å²) in [7, 11) is -3.97. The molecule has 1 N–H and O–H groups in total. The normalized spacial score (nSPS) is 13.2.